The average Bonchev–Trinajstić information content (AvgIpc) is 2.89. The molecule has 2 heterocycles. The quantitative estimate of drug-likeness (QED) is 0.646. The van der Waals surface area contributed by atoms with E-state index in [0.717, 1.165) is 18.7 Å². The van der Waals surface area contributed by atoms with Crippen molar-refractivity contribution in [2.24, 2.45) is 0 Å². The minimum atomic E-state index is 0.106. The molecule has 0 bridgehead atoms. The summed E-state index contributed by atoms with van der Waals surface area (Å²) in [6, 6.07) is 10.6. The molecule has 2 N–H and O–H groups in total. The topological polar surface area (TPSA) is 33.3 Å². The zero-order valence-electron chi connectivity index (χ0n) is 11.6. The number of ether oxygens (including phenoxy) is 1. The molecule has 0 radical (unpaired) electrons. The van der Waals surface area contributed by atoms with Crippen molar-refractivity contribution < 1.29 is 4.74 Å². The van der Waals surface area contributed by atoms with E-state index in [-0.39, 0.29) is 6.10 Å². The summed E-state index contributed by atoms with van der Waals surface area (Å²) < 4.78 is 10.2. The highest BCUT2D eigenvalue weighted by Crippen LogP contribution is 2.25. The van der Waals surface area contributed by atoms with Gasteiger partial charge >= 0.3 is 0 Å². The van der Waals surface area contributed by atoms with Gasteiger partial charge < -0.3 is 10.1 Å². The van der Waals surface area contributed by atoms with Crippen LogP contribution in [0.15, 0.2) is 39.9 Å². The summed E-state index contributed by atoms with van der Waals surface area (Å²) in [5, 5.41) is 5.69. The molecule has 1 aromatic heterocycles. The van der Waals surface area contributed by atoms with Crippen LogP contribution in [0, 0.1) is 0 Å². The third kappa shape index (κ3) is 3.97. The Hall–Kier alpha value is -1.08. The number of hydrogen-bond acceptors (Lipinski definition) is 5. The lowest BCUT2D eigenvalue weighted by Gasteiger charge is -2.10. The lowest BCUT2D eigenvalue weighted by molar-refractivity contribution is 0.217. The first-order valence-corrected chi connectivity index (χ1v) is 8.84. The number of benzene rings is 1. The van der Waals surface area contributed by atoms with Gasteiger partial charge in [0.1, 0.15) is 6.10 Å². The standard InChI is InChI=1S/C15H16N2OS3/c1-10-7-12-8-11(4-5-13(12)17-15(19)18-10)9-16-21-14-3-2-6-20-14/h2-6,8,10,16H,7,9H2,1H3,(H,17,19). The van der Waals surface area contributed by atoms with E-state index in [2.05, 4.69) is 45.8 Å². The third-order valence-corrected chi connectivity index (χ3v) is 5.19. The Morgan fingerprint density at radius 3 is 3.19 bits per heavy atom. The Kier molecular flexibility index (Phi) is 4.80. The molecule has 0 amide bonds. The van der Waals surface area contributed by atoms with Crippen molar-refractivity contribution in [2.75, 3.05) is 5.32 Å². The Morgan fingerprint density at radius 1 is 1.48 bits per heavy atom. The van der Waals surface area contributed by atoms with Crippen LogP contribution in [0.5, 0.6) is 0 Å². The molecule has 1 atom stereocenters. The molecule has 0 saturated carbocycles. The van der Waals surface area contributed by atoms with Crippen LogP contribution in [0.2, 0.25) is 0 Å². The fraction of sp³-hybridized carbons (Fsp3) is 0.267. The molecule has 110 valence electrons. The summed E-state index contributed by atoms with van der Waals surface area (Å²) in [7, 11) is 0. The van der Waals surface area contributed by atoms with Crippen LogP contribution in [0.1, 0.15) is 18.1 Å². The van der Waals surface area contributed by atoms with E-state index in [1.807, 2.05) is 6.92 Å². The van der Waals surface area contributed by atoms with Crippen molar-refractivity contribution in [3.05, 3.63) is 46.8 Å². The number of thiocarbonyl (C=S) groups is 1. The number of fused-ring (bicyclic) bond motifs is 1. The maximum Gasteiger partial charge on any atom is 0.261 e. The van der Waals surface area contributed by atoms with Crippen molar-refractivity contribution in [3.8, 4) is 0 Å². The van der Waals surface area contributed by atoms with E-state index in [1.54, 1.807) is 23.3 Å². The zero-order chi connectivity index (χ0) is 14.7. The molecule has 1 aliphatic heterocycles. The fourth-order valence-corrected chi connectivity index (χ4v) is 4.02. The van der Waals surface area contributed by atoms with E-state index in [4.69, 9.17) is 17.0 Å². The Balaban J connectivity index is 1.66. The first kappa shape index (κ1) is 14.8. The molecule has 21 heavy (non-hydrogen) atoms. The van der Waals surface area contributed by atoms with Gasteiger partial charge in [-0.2, -0.15) is 0 Å². The van der Waals surface area contributed by atoms with Crippen molar-refractivity contribution in [2.45, 2.75) is 30.2 Å². The molecule has 0 saturated heterocycles. The molecule has 0 spiro atoms. The first-order chi connectivity index (χ1) is 10.2. The molecule has 3 rings (SSSR count). The van der Waals surface area contributed by atoms with Crippen molar-refractivity contribution in [3.63, 3.8) is 0 Å². The SMILES string of the molecule is CC1Cc2cc(CNSc3cccs3)ccc2NC(=S)O1. The van der Waals surface area contributed by atoms with Crippen LogP contribution in [0.25, 0.3) is 0 Å². The van der Waals surface area contributed by atoms with E-state index >= 15 is 0 Å². The van der Waals surface area contributed by atoms with Crippen LogP contribution >= 0.6 is 35.5 Å². The van der Waals surface area contributed by atoms with E-state index in [9.17, 15) is 0 Å². The maximum absolute atomic E-state index is 5.57. The number of rotatable bonds is 4. The molecule has 0 fully saturated rings. The summed E-state index contributed by atoms with van der Waals surface area (Å²) in [5.41, 5.74) is 3.57. The second-order valence-electron chi connectivity index (χ2n) is 4.89. The molecule has 0 aliphatic carbocycles. The molecule has 1 aromatic carbocycles. The van der Waals surface area contributed by atoms with E-state index < -0.39 is 0 Å². The lowest BCUT2D eigenvalue weighted by Crippen LogP contribution is -2.16. The van der Waals surface area contributed by atoms with Gasteiger partial charge in [0.2, 0.25) is 0 Å². The Bertz CT molecular complexity index is 628. The van der Waals surface area contributed by atoms with Gasteiger partial charge in [-0.05, 0) is 59.7 Å². The molecule has 1 aliphatic rings. The fourth-order valence-electron chi connectivity index (χ4n) is 2.23. The van der Waals surface area contributed by atoms with Crippen LogP contribution in [0.4, 0.5) is 5.69 Å². The second-order valence-corrected chi connectivity index (χ2v) is 7.40. The minimum Gasteiger partial charge on any atom is -0.467 e. The van der Waals surface area contributed by atoms with Crippen molar-refractivity contribution in [1.29, 1.82) is 0 Å². The summed E-state index contributed by atoms with van der Waals surface area (Å²) in [4.78, 5) is 0. The number of thiophene rings is 1. The summed E-state index contributed by atoms with van der Waals surface area (Å²) >= 11 is 8.56. The predicted octanol–water partition coefficient (Wildman–Crippen LogP) is 4.20. The number of hydrogen-bond donors (Lipinski definition) is 2. The molecular weight excluding hydrogens is 320 g/mol. The smallest absolute Gasteiger partial charge is 0.261 e. The lowest BCUT2D eigenvalue weighted by atomic mass is 10.0. The van der Waals surface area contributed by atoms with Gasteiger partial charge in [-0.3, -0.25) is 4.72 Å². The summed E-state index contributed by atoms with van der Waals surface area (Å²) in [5.74, 6) is 0. The average molecular weight is 337 g/mol. The second kappa shape index (κ2) is 6.79. The highest BCUT2D eigenvalue weighted by Gasteiger charge is 2.16. The minimum absolute atomic E-state index is 0.106. The molecule has 6 heteroatoms. The van der Waals surface area contributed by atoms with Gasteiger partial charge in [-0.15, -0.1) is 11.3 Å². The zero-order valence-corrected chi connectivity index (χ0v) is 14.0. The molecular formula is C15H16N2OS3. The van der Waals surface area contributed by atoms with Gasteiger partial charge in [0.15, 0.2) is 0 Å². The first-order valence-electron chi connectivity index (χ1n) is 6.73. The van der Waals surface area contributed by atoms with Gasteiger partial charge in [-0.25, -0.2) is 0 Å². The number of anilines is 1. The van der Waals surface area contributed by atoms with E-state index in [1.165, 1.54) is 15.3 Å². The maximum atomic E-state index is 5.57. The van der Waals surface area contributed by atoms with Crippen LogP contribution < -0.4 is 10.0 Å². The molecule has 2 aromatic rings. The molecule has 3 nitrogen and oxygen atoms in total. The monoisotopic (exact) mass is 336 g/mol. The van der Waals surface area contributed by atoms with Crippen molar-refractivity contribution >= 4 is 46.4 Å². The normalized spacial score (nSPS) is 17.6. The van der Waals surface area contributed by atoms with E-state index in [0.29, 0.717) is 5.17 Å². The number of nitrogens with one attached hydrogen (secondary N) is 2. The van der Waals surface area contributed by atoms with Crippen LogP contribution in [-0.2, 0) is 17.7 Å². The summed E-state index contributed by atoms with van der Waals surface area (Å²) in [6.07, 6.45) is 0.976. The van der Waals surface area contributed by atoms with Gasteiger partial charge in [0, 0.05) is 18.7 Å². The van der Waals surface area contributed by atoms with Crippen LogP contribution in [-0.4, -0.2) is 11.3 Å². The Labute approximate surface area is 138 Å². The van der Waals surface area contributed by atoms with Gasteiger partial charge in [-0.1, -0.05) is 18.2 Å². The van der Waals surface area contributed by atoms with Crippen LogP contribution in [0.3, 0.4) is 0 Å². The Morgan fingerprint density at radius 2 is 2.38 bits per heavy atom. The molecule has 1 unspecified atom stereocenters. The highest BCUT2D eigenvalue weighted by molar-refractivity contribution is 7.99. The largest absolute Gasteiger partial charge is 0.467 e. The van der Waals surface area contributed by atoms with Gasteiger partial charge in [0.05, 0.1) is 4.21 Å². The van der Waals surface area contributed by atoms with Crippen molar-refractivity contribution in [1.82, 2.24) is 4.72 Å². The van der Waals surface area contributed by atoms with Gasteiger partial charge in [0.25, 0.3) is 5.17 Å². The third-order valence-electron chi connectivity index (χ3n) is 3.17. The predicted molar refractivity (Wildman–Crippen MR) is 93.9 cm³/mol. The summed E-state index contributed by atoms with van der Waals surface area (Å²) in [6.45, 7) is 2.87. The highest BCUT2D eigenvalue weighted by atomic mass is 32.2.